The van der Waals surface area contributed by atoms with Crippen molar-refractivity contribution >= 4 is 17.6 Å². The van der Waals surface area contributed by atoms with Crippen LogP contribution in [0.5, 0.6) is 23.1 Å². The molecule has 2 heterocycles. The zero-order valence-corrected chi connectivity index (χ0v) is 19.7. The molecule has 0 saturated heterocycles. The highest BCUT2D eigenvalue weighted by Gasteiger charge is 2.35. The van der Waals surface area contributed by atoms with Gasteiger partial charge in [-0.05, 0) is 6.07 Å². The number of hydrogen-bond donors (Lipinski definition) is 0. The molecule has 0 atom stereocenters. The normalized spacial score (nSPS) is 11.2. The van der Waals surface area contributed by atoms with Gasteiger partial charge in [-0.2, -0.15) is 13.2 Å². The first-order chi connectivity index (χ1) is 16.8. The van der Waals surface area contributed by atoms with Gasteiger partial charge in [0, 0.05) is 25.2 Å². The topological polar surface area (TPSA) is 111 Å². The van der Waals surface area contributed by atoms with Crippen LogP contribution in [0.4, 0.5) is 17.6 Å². The number of alkyl halides is 3. The van der Waals surface area contributed by atoms with Crippen LogP contribution in [0.1, 0.15) is 16.2 Å². The van der Waals surface area contributed by atoms with Crippen molar-refractivity contribution in [2.24, 2.45) is 7.05 Å². The molecular weight excluding hydrogens is 518 g/mol. The average Bonchev–Trinajstić information content (AvgIpc) is 2.82. The number of nitrogens with zero attached hydrogens (tertiary/aromatic N) is 3. The summed E-state index contributed by atoms with van der Waals surface area (Å²) in [5, 5.41) is -0.387. The fraction of sp³-hybridized carbons (Fsp3) is 0.238. The summed E-state index contributed by atoms with van der Waals surface area (Å²) in [6.07, 6.45) is -5.01. The number of carbonyl (C=O) groups excluding carboxylic acids is 1. The maximum Gasteiger partial charge on any atom is 0.431 e. The zero-order valence-electron chi connectivity index (χ0n) is 18.9. The Bertz CT molecular complexity index is 1470. The predicted molar refractivity (Wildman–Crippen MR) is 116 cm³/mol. The molecule has 0 unspecified atom stereocenters. The summed E-state index contributed by atoms with van der Waals surface area (Å²) in [5.41, 5.74) is -5.68. The van der Waals surface area contributed by atoms with Crippen LogP contribution in [0.25, 0.3) is 5.69 Å². The molecule has 1 aromatic carbocycles. The number of rotatable bonds is 6. The van der Waals surface area contributed by atoms with E-state index in [0.717, 1.165) is 20.2 Å². The Kier molecular flexibility index (Phi) is 7.29. The van der Waals surface area contributed by atoms with Crippen molar-refractivity contribution in [3.8, 4) is 28.8 Å². The number of halogens is 5. The maximum atomic E-state index is 14.8. The average molecular weight is 534 g/mol. The van der Waals surface area contributed by atoms with Crippen molar-refractivity contribution in [2.45, 2.75) is 6.18 Å². The molecule has 0 fully saturated rings. The van der Waals surface area contributed by atoms with Gasteiger partial charge in [0.2, 0.25) is 11.6 Å². The van der Waals surface area contributed by atoms with E-state index in [1.165, 1.54) is 20.3 Å². The fourth-order valence-electron chi connectivity index (χ4n) is 3.07. The lowest BCUT2D eigenvalue weighted by atomic mass is 10.2. The standard InChI is InChI=1S/C21H16ClF4N3O7/c1-28-14(21(24,25)26)8-16(30)29(20(28)32)11-6-12(9(22)5-10(11)23)36-18-13(33-2)7-15(34-3)27-17(18)19(31)35-4/h5-8H,1-4H3. The molecule has 0 aliphatic heterocycles. The molecule has 0 aliphatic rings. The van der Waals surface area contributed by atoms with Gasteiger partial charge in [-0.25, -0.2) is 23.5 Å². The molecule has 0 spiro atoms. The first-order valence-electron chi connectivity index (χ1n) is 9.62. The van der Waals surface area contributed by atoms with Gasteiger partial charge in [0.05, 0.1) is 32.0 Å². The smallest absolute Gasteiger partial charge is 0.431 e. The third-order valence-corrected chi connectivity index (χ3v) is 5.08. The third-order valence-electron chi connectivity index (χ3n) is 4.79. The summed E-state index contributed by atoms with van der Waals surface area (Å²) in [4.78, 5) is 41.2. The molecule has 0 amide bonds. The van der Waals surface area contributed by atoms with Crippen LogP contribution in [-0.2, 0) is 18.0 Å². The summed E-state index contributed by atoms with van der Waals surface area (Å²) in [6, 6.07) is 2.84. The summed E-state index contributed by atoms with van der Waals surface area (Å²) in [6.45, 7) is 0. The molecule has 0 aliphatic carbocycles. The van der Waals surface area contributed by atoms with Crippen molar-refractivity contribution in [3.05, 3.63) is 67.3 Å². The number of benzene rings is 1. The van der Waals surface area contributed by atoms with Crippen LogP contribution in [0.15, 0.2) is 33.9 Å². The van der Waals surface area contributed by atoms with Crippen molar-refractivity contribution in [1.82, 2.24) is 14.1 Å². The predicted octanol–water partition coefficient (Wildman–Crippen LogP) is 3.34. The van der Waals surface area contributed by atoms with Crippen LogP contribution in [0, 0.1) is 5.82 Å². The SMILES string of the molecule is COC(=O)c1nc(OC)cc(OC)c1Oc1cc(-n2c(=O)cc(C(F)(F)F)n(C)c2=O)c(F)cc1Cl. The molecule has 10 nitrogen and oxygen atoms in total. The number of hydrogen-bond acceptors (Lipinski definition) is 8. The van der Waals surface area contributed by atoms with Gasteiger partial charge in [-0.1, -0.05) is 11.6 Å². The highest BCUT2D eigenvalue weighted by molar-refractivity contribution is 6.32. The van der Waals surface area contributed by atoms with E-state index in [9.17, 15) is 31.9 Å². The van der Waals surface area contributed by atoms with Gasteiger partial charge in [0.15, 0.2) is 11.4 Å². The number of aromatic nitrogens is 3. The largest absolute Gasteiger partial charge is 0.493 e. The first kappa shape index (κ1) is 26.5. The van der Waals surface area contributed by atoms with E-state index in [1.54, 1.807) is 0 Å². The van der Waals surface area contributed by atoms with E-state index in [2.05, 4.69) is 9.72 Å². The minimum absolute atomic E-state index is 0.0507. The van der Waals surface area contributed by atoms with Crippen LogP contribution in [0.2, 0.25) is 5.02 Å². The van der Waals surface area contributed by atoms with E-state index in [0.29, 0.717) is 6.07 Å². The summed E-state index contributed by atoms with van der Waals surface area (Å²) < 4.78 is 75.1. The molecule has 0 radical (unpaired) electrons. The van der Waals surface area contributed by atoms with Gasteiger partial charge < -0.3 is 18.9 Å². The highest BCUT2D eigenvalue weighted by atomic mass is 35.5. The zero-order chi connectivity index (χ0) is 26.9. The van der Waals surface area contributed by atoms with Gasteiger partial charge in [-0.15, -0.1) is 0 Å². The van der Waals surface area contributed by atoms with E-state index in [4.69, 9.17) is 25.8 Å². The van der Waals surface area contributed by atoms with E-state index in [1.807, 2.05) is 0 Å². The lowest BCUT2D eigenvalue weighted by Gasteiger charge is -2.17. The lowest BCUT2D eigenvalue weighted by molar-refractivity contribution is -0.144. The Balaban J connectivity index is 2.25. The minimum Gasteiger partial charge on any atom is -0.493 e. The van der Waals surface area contributed by atoms with Gasteiger partial charge in [0.25, 0.3) is 5.56 Å². The number of methoxy groups -OCH3 is 3. The molecule has 0 bridgehead atoms. The second-order valence-electron chi connectivity index (χ2n) is 6.91. The quantitative estimate of drug-likeness (QED) is 0.350. The van der Waals surface area contributed by atoms with Gasteiger partial charge in [-0.3, -0.25) is 9.36 Å². The van der Waals surface area contributed by atoms with Gasteiger partial charge >= 0.3 is 17.8 Å². The van der Waals surface area contributed by atoms with E-state index in [-0.39, 0.29) is 37.6 Å². The molecule has 36 heavy (non-hydrogen) atoms. The van der Waals surface area contributed by atoms with E-state index < -0.39 is 52.0 Å². The van der Waals surface area contributed by atoms with Gasteiger partial charge in [0.1, 0.15) is 17.3 Å². The fourth-order valence-corrected chi connectivity index (χ4v) is 3.26. The van der Waals surface area contributed by atoms with Crippen LogP contribution in [-0.4, -0.2) is 41.4 Å². The summed E-state index contributed by atoms with van der Waals surface area (Å²) in [7, 11) is 4.33. The Hall–Kier alpha value is -4.07. The monoisotopic (exact) mass is 533 g/mol. The molecule has 0 saturated carbocycles. The van der Waals surface area contributed by atoms with Crippen molar-refractivity contribution < 1.29 is 41.3 Å². The maximum absolute atomic E-state index is 14.8. The number of pyridine rings is 1. The second kappa shape index (κ2) is 9.89. The Morgan fingerprint density at radius 3 is 2.25 bits per heavy atom. The highest BCUT2D eigenvalue weighted by Crippen LogP contribution is 2.40. The van der Waals surface area contributed by atoms with E-state index >= 15 is 0 Å². The Labute approximate surface area is 204 Å². The number of carbonyl (C=O) groups is 1. The lowest BCUT2D eigenvalue weighted by Crippen LogP contribution is -2.41. The summed E-state index contributed by atoms with van der Waals surface area (Å²) >= 11 is 6.07. The first-order valence-corrected chi connectivity index (χ1v) is 10.0. The van der Waals surface area contributed by atoms with Crippen molar-refractivity contribution in [1.29, 1.82) is 0 Å². The van der Waals surface area contributed by atoms with Crippen molar-refractivity contribution in [3.63, 3.8) is 0 Å². The Morgan fingerprint density at radius 1 is 1.03 bits per heavy atom. The molecule has 2 aromatic heterocycles. The minimum atomic E-state index is -5.01. The van der Waals surface area contributed by atoms with Crippen LogP contribution in [0.3, 0.4) is 0 Å². The number of ether oxygens (including phenoxy) is 4. The molecule has 3 aromatic rings. The Morgan fingerprint density at radius 2 is 1.69 bits per heavy atom. The molecule has 15 heteroatoms. The molecule has 192 valence electrons. The summed E-state index contributed by atoms with van der Waals surface area (Å²) in [5.74, 6) is -3.10. The number of esters is 1. The molecular formula is C21H16ClF4N3O7. The second-order valence-corrected chi connectivity index (χ2v) is 7.32. The van der Waals surface area contributed by atoms with Crippen LogP contribution < -0.4 is 25.5 Å². The van der Waals surface area contributed by atoms with Crippen molar-refractivity contribution in [2.75, 3.05) is 21.3 Å². The third kappa shape index (κ3) is 4.84. The molecule has 0 N–H and O–H groups in total. The molecule has 3 rings (SSSR count). The van der Waals surface area contributed by atoms with Crippen LogP contribution >= 0.6 is 11.6 Å².